The second-order valence-electron chi connectivity index (χ2n) is 15.1. The third-order valence-corrected chi connectivity index (χ3v) is 13.4. The molecule has 0 bridgehead atoms. The summed E-state index contributed by atoms with van der Waals surface area (Å²) in [6.07, 6.45) is 0. The molecule has 8 aromatic carbocycles. The molecule has 2 aliphatic heterocycles. The van der Waals surface area contributed by atoms with Gasteiger partial charge in [-0.1, -0.05) is 169 Å². The zero-order chi connectivity index (χ0) is 38.0. The molecule has 5 nitrogen and oxygen atoms in total. The normalized spacial score (nSPS) is 15.2. The highest BCUT2D eigenvalue weighted by Crippen LogP contribution is 2.62. The third kappa shape index (κ3) is 4.14. The predicted molar refractivity (Wildman–Crippen MR) is 235 cm³/mol. The molecule has 13 rings (SSSR count). The lowest BCUT2D eigenvalue weighted by atomic mass is 9.62. The van der Waals surface area contributed by atoms with Crippen molar-refractivity contribution in [2.75, 3.05) is 0 Å². The van der Waals surface area contributed by atoms with Gasteiger partial charge in [-0.25, -0.2) is 4.98 Å². The molecule has 0 amide bonds. The number of benzene rings is 8. The van der Waals surface area contributed by atoms with Gasteiger partial charge in [0, 0.05) is 42.5 Å². The highest BCUT2D eigenvalue weighted by Gasteiger charge is 2.50. The fourth-order valence-corrected chi connectivity index (χ4v) is 11.3. The molecule has 0 radical (unpaired) electrons. The first-order valence-corrected chi connectivity index (χ1v) is 20.4. The maximum atomic E-state index is 5.24. The van der Waals surface area contributed by atoms with Gasteiger partial charge in [0.2, 0.25) is 5.95 Å². The molecule has 0 saturated heterocycles. The Morgan fingerprint density at radius 1 is 0.397 bits per heavy atom. The molecule has 0 saturated carbocycles. The second kappa shape index (κ2) is 11.9. The Morgan fingerprint density at radius 3 is 1.74 bits per heavy atom. The van der Waals surface area contributed by atoms with Crippen molar-refractivity contribution in [3.63, 3.8) is 0 Å². The van der Waals surface area contributed by atoms with E-state index in [2.05, 4.69) is 161 Å². The molecule has 1 atom stereocenters. The fourth-order valence-electron chi connectivity index (χ4n) is 9.95. The average Bonchev–Trinajstić information content (AvgIpc) is 3.82. The van der Waals surface area contributed by atoms with Crippen LogP contribution in [0.5, 0.6) is 0 Å². The van der Waals surface area contributed by atoms with Gasteiger partial charge in [-0.15, -0.1) is 0 Å². The zero-order valence-corrected chi connectivity index (χ0v) is 31.9. The number of para-hydroxylation sites is 4. The summed E-state index contributed by atoms with van der Waals surface area (Å²) in [7, 11) is 0. The molecule has 270 valence electrons. The van der Waals surface area contributed by atoms with Crippen LogP contribution in [-0.2, 0) is 5.41 Å². The smallest absolute Gasteiger partial charge is 0.238 e. The standard InChI is InChI=1S/C52H31N5S/c1-3-16-32(17-4-1)49-53-50(33-18-5-2-6-19-33)55-51(54-49)57-42-27-12-8-21-36(42)46-44(57)31-30-40-48(46)58-45-29-14-10-24-38(45)52(40)37-23-9-13-28-43(37)56-41-26-11-7-20-34(41)35-22-15-25-39(52)47(35)56/h1-31H. The Morgan fingerprint density at radius 2 is 0.983 bits per heavy atom. The Balaban J connectivity index is 1.16. The minimum atomic E-state index is -0.580. The topological polar surface area (TPSA) is 48.5 Å². The van der Waals surface area contributed by atoms with Gasteiger partial charge in [0.1, 0.15) is 0 Å². The van der Waals surface area contributed by atoms with Crippen molar-refractivity contribution >= 4 is 55.4 Å². The third-order valence-electron chi connectivity index (χ3n) is 12.2. The van der Waals surface area contributed by atoms with Gasteiger partial charge in [0.25, 0.3) is 0 Å². The van der Waals surface area contributed by atoms with Crippen LogP contribution in [0.3, 0.4) is 0 Å². The van der Waals surface area contributed by atoms with Crippen LogP contribution in [0.2, 0.25) is 0 Å². The Bertz CT molecular complexity index is 3440. The van der Waals surface area contributed by atoms with E-state index in [4.69, 9.17) is 15.0 Å². The molecular formula is C52H31N5S. The van der Waals surface area contributed by atoms with E-state index in [1.807, 2.05) is 48.2 Å². The van der Waals surface area contributed by atoms with E-state index in [0.717, 1.165) is 27.5 Å². The first-order chi connectivity index (χ1) is 28.8. The molecule has 5 heterocycles. The number of hydrogen-bond donors (Lipinski definition) is 0. The number of aromatic nitrogens is 5. The van der Waals surface area contributed by atoms with Crippen LogP contribution in [0.15, 0.2) is 198 Å². The van der Waals surface area contributed by atoms with Crippen molar-refractivity contribution in [1.29, 1.82) is 0 Å². The quantitative estimate of drug-likeness (QED) is 0.180. The summed E-state index contributed by atoms with van der Waals surface area (Å²) in [5.74, 6) is 1.86. The van der Waals surface area contributed by atoms with E-state index in [0.29, 0.717) is 17.6 Å². The molecule has 11 aromatic rings. The maximum Gasteiger partial charge on any atom is 0.238 e. The fraction of sp³-hybridized carbons (Fsp3) is 0.0192. The first kappa shape index (κ1) is 31.9. The lowest BCUT2D eigenvalue weighted by molar-refractivity contribution is 0.692. The van der Waals surface area contributed by atoms with Gasteiger partial charge in [-0.05, 0) is 52.6 Å². The van der Waals surface area contributed by atoms with Gasteiger partial charge in [-0.2, -0.15) is 9.97 Å². The molecule has 3 aromatic heterocycles. The lowest BCUT2D eigenvalue weighted by Crippen LogP contribution is -2.37. The number of fused-ring (bicyclic) bond motifs is 15. The summed E-state index contributed by atoms with van der Waals surface area (Å²) in [5.41, 5.74) is 12.3. The van der Waals surface area contributed by atoms with Crippen molar-refractivity contribution in [2.24, 2.45) is 0 Å². The molecule has 0 fully saturated rings. The van der Waals surface area contributed by atoms with Gasteiger partial charge in [-0.3, -0.25) is 4.57 Å². The molecular weight excluding hydrogens is 727 g/mol. The zero-order valence-electron chi connectivity index (χ0n) is 31.0. The van der Waals surface area contributed by atoms with Crippen LogP contribution in [0, 0.1) is 0 Å². The van der Waals surface area contributed by atoms with E-state index in [1.165, 1.54) is 64.9 Å². The van der Waals surface area contributed by atoms with Crippen LogP contribution >= 0.6 is 11.8 Å². The van der Waals surface area contributed by atoms with E-state index in [-0.39, 0.29) is 0 Å². The minimum absolute atomic E-state index is 0.580. The van der Waals surface area contributed by atoms with E-state index >= 15 is 0 Å². The number of nitrogens with zero attached hydrogens (tertiary/aromatic N) is 5. The first-order valence-electron chi connectivity index (χ1n) is 19.6. The lowest BCUT2D eigenvalue weighted by Gasteiger charge is -2.45. The summed E-state index contributed by atoms with van der Waals surface area (Å²) in [6.45, 7) is 0. The molecule has 0 N–H and O–H groups in total. The van der Waals surface area contributed by atoms with E-state index in [9.17, 15) is 0 Å². The molecule has 58 heavy (non-hydrogen) atoms. The average molecular weight is 758 g/mol. The van der Waals surface area contributed by atoms with Crippen LogP contribution < -0.4 is 0 Å². The van der Waals surface area contributed by atoms with Crippen molar-refractivity contribution in [1.82, 2.24) is 24.1 Å². The second-order valence-corrected chi connectivity index (χ2v) is 16.2. The SMILES string of the molecule is c1ccc(-c2nc(-c3ccccc3)nc(-n3c4ccccc4c4c5c(ccc43)C3(c4ccccc4S5)c4ccccc4-n4c5ccccc5c5cccc3c54)n2)cc1. The van der Waals surface area contributed by atoms with Crippen molar-refractivity contribution in [3.8, 4) is 34.4 Å². The monoisotopic (exact) mass is 757 g/mol. The van der Waals surface area contributed by atoms with Gasteiger partial charge >= 0.3 is 0 Å². The van der Waals surface area contributed by atoms with Gasteiger partial charge in [0.15, 0.2) is 11.6 Å². The summed E-state index contributed by atoms with van der Waals surface area (Å²) < 4.78 is 4.75. The largest absolute Gasteiger partial charge is 0.309 e. The van der Waals surface area contributed by atoms with Crippen LogP contribution in [-0.4, -0.2) is 24.1 Å². The molecule has 2 aliphatic rings. The van der Waals surface area contributed by atoms with Crippen LogP contribution in [0.1, 0.15) is 22.3 Å². The molecule has 0 aliphatic carbocycles. The van der Waals surface area contributed by atoms with Crippen molar-refractivity contribution in [3.05, 3.63) is 210 Å². The summed E-state index contributed by atoms with van der Waals surface area (Å²) >= 11 is 1.88. The van der Waals surface area contributed by atoms with E-state index in [1.54, 1.807) is 0 Å². The Labute approximate surface area is 337 Å². The highest BCUT2D eigenvalue weighted by atomic mass is 32.2. The van der Waals surface area contributed by atoms with Gasteiger partial charge in [0.05, 0.1) is 33.2 Å². The molecule has 1 unspecified atom stereocenters. The maximum absolute atomic E-state index is 5.24. The summed E-state index contributed by atoms with van der Waals surface area (Å²) in [4.78, 5) is 18.0. The summed E-state index contributed by atoms with van der Waals surface area (Å²) in [5, 5.41) is 4.90. The van der Waals surface area contributed by atoms with Crippen LogP contribution in [0.4, 0.5) is 0 Å². The Hall–Kier alpha value is -7.28. The number of rotatable bonds is 3. The van der Waals surface area contributed by atoms with Crippen molar-refractivity contribution < 1.29 is 0 Å². The molecule has 6 heteroatoms. The minimum Gasteiger partial charge on any atom is -0.309 e. The predicted octanol–water partition coefficient (Wildman–Crippen LogP) is 12.6. The number of hydrogen-bond acceptors (Lipinski definition) is 4. The summed E-state index contributed by atoms with van der Waals surface area (Å²) in [6, 6.07) is 67.7. The van der Waals surface area contributed by atoms with Crippen LogP contribution in [0.25, 0.3) is 78.0 Å². The highest BCUT2D eigenvalue weighted by molar-refractivity contribution is 7.99. The van der Waals surface area contributed by atoms with Crippen molar-refractivity contribution in [2.45, 2.75) is 15.2 Å². The Kier molecular flexibility index (Phi) is 6.52. The van der Waals surface area contributed by atoms with E-state index < -0.39 is 5.41 Å². The van der Waals surface area contributed by atoms with Gasteiger partial charge < -0.3 is 4.57 Å². The molecule has 1 spiro atoms.